The van der Waals surface area contributed by atoms with E-state index in [0.29, 0.717) is 0 Å². The molecule has 10 aromatic carbocycles. The topological polar surface area (TPSA) is 13.1 Å². The minimum absolute atomic E-state index is 0.916. The van der Waals surface area contributed by atoms with Crippen molar-refractivity contribution >= 4 is 54.3 Å². The Labute approximate surface area is 338 Å². The van der Waals surface area contributed by atoms with Crippen LogP contribution in [0.5, 0.6) is 0 Å². The molecule has 0 spiro atoms. The predicted octanol–water partition coefficient (Wildman–Crippen LogP) is 16.3. The fourth-order valence-corrected chi connectivity index (χ4v) is 9.46. The summed E-state index contributed by atoms with van der Waals surface area (Å²) >= 11 is 0. The lowest BCUT2D eigenvalue weighted by atomic mass is 9.84. The number of hydrogen-bond acceptors (Lipinski definition) is 1. The maximum Gasteiger partial charge on any atom is 0.143 e. The third kappa shape index (κ3) is 5.46. The molecule has 0 saturated carbocycles. The van der Waals surface area contributed by atoms with Gasteiger partial charge in [-0.2, -0.15) is 0 Å². The molecule has 58 heavy (non-hydrogen) atoms. The number of benzene rings is 10. The first-order valence-corrected chi connectivity index (χ1v) is 20.3. The van der Waals surface area contributed by atoms with Crippen LogP contribution >= 0.6 is 0 Å². The second kappa shape index (κ2) is 13.8. The number of para-hydroxylation sites is 1. The van der Waals surface area contributed by atoms with Crippen molar-refractivity contribution in [2.75, 3.05) is 0 Å². The van der Waals surface area contributed by atoms with Crippen molar-refractivity contribution < 1.29 is 4.42 Å². The molecule has 0 aliphatic heterocycles. The van der Waals surface area contributed by atoms with E-state index in [1.165, 1.54) is 99.1 Å². The molecule has 0 atom stereocenters. The Morgan fingerprint density at radius 1 is 0.362 bits per heavy atom. The van der Waals surface area contributed by atoms with Gasteiger partial charge >= 0.3 is 0 Å². The molecule has 0 amide bonds. The lowest BCUT2D eigenvalue weighted by molar-refractivity contribution is 0.669. The minimum atomic E-state index is 0.916. The van der Waals surface area contributed by atoms with Gasteiger partial charge in [-0.15, -0.1) is 0 Å². The Kier molecular flexibility index (Phi) is 8.08. The Hall–Kier alpha value is -7.22. The second-order valence-corrected chi connectivity index (χ2v) is 15.5. The van der Waals surface area contributed by atoms with E-state index in [-0.39, 0.29) is 0 Å². The summed E-state index contributed by atoms with van der Waals surface area (Å²) in [6.45, 7) is 4.50. The van der Waals surface area contributed by atoms with Gasteiger partial charge in [0.2, 0.25) is 0 Å². The monoisotopic (exact) mass is 740 g/mol. The maximum atomic E-state index is 6.70. The number of fused-ring (bicyclic) bond motifs is 6. The number of furan rings is 1. The number of rotatable bonds is 6. The van der Waals surface area contributed by atoms with E-state index in [4.69, 9.17) is 4.42 Å². The van der Waals surface area contributed by atoms with Gasteiger partial charge in [0, 0.05) is 16.3 Å². The van der Waals surface area contributed by atoms with Crippen molar-refractivity contribution in [2.24, 2.45) is 0 Å². The van der Waals surface area contributed by atoms with Gasteiger partial charge in [0.25, 0.3) is 0 Å². The average Bonchev–Trinajstić information content (AvgIpc) is 3.66. The molecule has 0 radical (unpaired) electrons. The standard InChI is InChI=1S/C57H40O/c1-3-37-16-6-7-23-45(37)54-36(2)51(35-52-46-24-12-13-29-53(46)58-57(52)54)42-20-15-22-44(34-42)56-49-27-10-8-25-47(49)55(48-26-9-11-28-50(48)56)43-21-14-19-40(33-43)41-31-30-38-17-4-5-18-39(38)32-41/h4-35H,3H2,1-2H3. The smallest absolute Gasteiger partial charge is 0.143 e. The number of aryl methyl sites for hydroxylation is 1. The van der Waals surface area contributed by atoms with Crippen molar-refractivity contribution in [3.63, 3.8) is 0 Å². The van der Waals surface area contributed by atoms with Crippen LogP contribution in [0.2, 0.25) is 0 Å². The average molecular weight is 741 g/mol. The molecule has 0 aliphatic carbocycles. The highest BCUT2D eigenvalue weighted by atomic mass is 16.3. The van der Waals surface area contributed by atoms with E-state index in [2.05, 4.69) is 208 Å². The van der Waals surface area contributed by atoms with E-state index in [1.807, 2.05) is 0 Å². The first-order chi connectivity index (χ1) is 28.6. The lowest BCUT2D eigenvalue weighted by Gasteiger charge is -2.19. The molecular formula is C57H40O. The molecule has 1 heterocycles. The molecule has 0 aliphatic rings. The summed E-state index contributed by atoms with van der Waals surface area (Å²) in [6.07, 6.45) is 0.945. The molecule has 11 rings (SSSR count). The molecule has 1 aromatic heterocycles. The zero-order valence-corrected chi connectivity index (χ0v) is 32.6. The van der Waals surface area contributed by atoms with Crippen LogP contribution in [0.1, 0.15) is 18.1 Å². The zero-order valence-electron chi connectivity index (χ0n) is 32.6. The van der Waals surface area contributed by atoms with Crippen LogP contribution in [-0.2, 0) is 6.42 Å². The van der Waals surface area contributed by atoms with Crippen LogP contribution in [0.3, 0.4) is 0 Å². The van der Waals surface area contributed by atoms with Crippen LogP contribution in [0, 0.1) is 6.92 Å². The Morgan fingerprint density at radius 3 is 1.59 bits per heavy atom. The zero-order chi connectivity index (χ0) is 38.7. The highest BCUT2D eigenvalue weighted by Crippen LogP contribution is 2.47. The van der Waals surface area contributed by atoms with Crippen molar-refractivity contribution in [1.82, 2.24) is 0 Å². The van der Waals surface area contributed by atoms with Gasteiger partial charge in [-0.25, -0.2) is 0 Å². The van der Waals surface area contributed by atoms with Crippen LogP contribution in [0.4, 0.5) is 0 Å². The summed E-state index contributed by atoms with van der Waals surface area (Å²) in [5.41, 5.74) is 16.6. The van der Waals surface area contributed by atoms with Crippen molar-refractivity contribution in [1.29, 1.82) is 0 Å². The molecular weight excluding hydrogens is 701 g/mol. The largest absolute Gasteiger partial charge is 0.455 e. The van der Waals surface area contributed by atoms with Gasteiger partial charge in [0.15, 0.2) is 0 Å². The first kappa shape index (κ1) is 34.1. The lowest BCUT2D eigenvalue weighted by Crippen LogP contribution is -1.94. The van der Waals surface area contributed by atoms with Crippen LogP contribution in [0.15, 0.2) is 199 Å². The van der Waals surface area contributed by atoms with Crippen LogP contribution in [0.25, 0.3) is 110 Å². The summed E-state index contributed by atoms with van der Waals surface area (Å²) in [7, 11) is 0. The molecule has 1 nitrogen and oxygen atoms in total. The Bertz CT molecular complexity index is 3340. The molecule has 0 fully saturated rings. The van der Waals surface area contributed by atoms with Gasteiger partial charge < -0.3 is 4.42 Å². The highest BCUT2D eigenvalue weighted by Gasteiger charge is 2.22. The molecule has 0 bridgehead atoms. The van der Waals surface area contributed by atoms with Gasteiger partial charge in [0.1, 0.15) is 11.2 Å². The summed E-state index contributed by atoms with van der Waals surface area (Å²) in [6, 6.07) is 71.1. The van der Waals surface area contributed by atoms with Gasteiger partial charge in [-0.05, 0) is 137 Å². The molecule has 0 N–H and O–H groups in total. The second-order valence-electron chi connectivity index (χ2n) is 15.5. The van der Waals surface area contributed by atoms with E-state index in [9.17, 15) is 0 Å². The van der Waals surface area contributed by atoms with Gasteiger partial charge in [0.05, 0.1) is 0 Å². The van der Waals surface area contributed by atoms with Crippen molar-refractivity contribution in [2.45, 2.75) is 20.3 Å². The summed E-state index contributed by atoms with van der Waals surface area (Å²) in [5, 5.41) is 9.78. The molecule has 0 unspecified atom stereocenters. The van der Waals surface area contributed by atoms with E-state index in [0.717, 1.165) is 28.4 Å². The van der Waals surface area contributed by atoms with Crippen molar-refractivity contribution in [3.05, 3.63) is 205 Å². The van der Waals surface area contributed by atoms with Gasteiger partial charge in [-0.1, -0.05) is 171 Å². The molecule has 11 aromatic rings. The number of hydrogen-bond donors (Lipinski definition) is 0. The summed E-state index contributed by atoms with van der Waals surface area (Å²) in [5.74, 6) is 0. The first-order valence-electron chi connectivity index (χ1n) is 20.3. The fraction of sp³-hybridized carbons (Fsp3) is 0.0526. The fourth-order valence-electron chi connectivity index (χ4n) is 9.46. The molecule has 1 heteroatoms. The van der Waals surface area contributed by atoms with Crippen molar-refractivity contribution in [3.8, 4) is 55.6 Å². The Balaban J connectivity index is 1.12. The van der Waals surface area contributed by atoms with E-state index in [1.54, 1.807) is 0 Å². The third-order valence-corrected chi connectivity index (χ3v) is 12.2. The Morgan fingerprint density at radius 2 is 0.897 bits per heavy atom. The van der Waals surface area contributed by atoms with Crippen LogP contribution in [-0.4, -0.2) is 0 Å². The van der Waals surface area contributed by atoms with Gasteiger partial charge in [-0.3, -0.25) is 0 Å². The highest BCUT2D eigenvalue weighted by molar-refractivity contribution is 6.22. The molecule has 0 saturated heterocycles. The van der Waals surface area contributed by atoms with Crippen LogP contribution < -0.4 is 0 Å². The predicted molar refractivity (Wildman–Crippen MR) is 248 cm³/mol. The summed E-state index contributed by atoms with van der Waals surface area (Å²) < 4.78 is 6.70. The minimum Gasteiger partial charge on any atom is -0.455 e. The molecule has 274 valence electrons. The third-order valence-electron chi connectivity index (χ3n) is 12.2. The van der Waals surface area contributed by atoms with E-state index < -0.39 is 0 Å². The SMILES string of the molecule is CCc1ccccc1-c1c(C)c(-c2cccc(-c3c4ccccc4c(-c4cccc(-c5ccc6ccccc6c5)c4)c4ccccc34)c2)cc2c1oc1ccccc12. The maximum absolute atomic E-state index is 6.70. The quantitative estimate of drug-likeness (QED) is 0.155. The van der Waals surface area contributed by atoms with E-state index >= 15 is 0 Å². The normalized spacial score (nSPS) is 11.7. The summed E-state index contributed by atoms with van der Waals surface area (Å²) in [4.78, 5) is 0.